The Bertz CT molecular complexity index is 914. The third kappa shape index (κ3) is 3.43. The summed E-state index contributed by atoms with van der Waals surface area (Å²) in [5, 5.41) is 2.70. The number of aromatic nitrogens is 1. The lowest BCUT2D eigenvalue weighted by molar-refractivity contribution is -0.119. The van der Waals surface area contributed by atoms with E-state index in [9.17, 15) is 9.59 Å². The summed E-state index contributed by atoms with van der Waals surface area (Å²) in [7, 11) is 0. The van der Waals surface area contributed by atoms with Crippen LogP contribution in [0.4, 0.5) is 5.69 Å². The highest BCUT2D eigenvalue weighted by Gasteiger charge is 2.12. The van der Waals surface area contributed by atoms with Crippen molar-refractivity contribution in [3.05, 3.63) is 59.5 Å². The van der Waals surface area contributed by atoms with E-state index < -0.39 is 11.9 Å². The van der Waals surface area contributed by atoms with Gasteiger partial charge >= 0.3 is 5.97 Å². The minimum atomic E-state index is -0.594. The first-order valence-electron chi connectivity index (χ1n) is 7.40. The van der Waals surface area contributed by atoms with Gasteiger partial charge < -0.3 is 14.5 Å². The van der Waals surface area contributed by atoms with Crippen molar-refractivity contribution in [3.63, 3.8) is 0 Å². The first kappa shape index (κ1) is 15.7. The van der Waals surface area contributed by atoms with Crippen molar-refractivity contribution in [3.8, 4) is 0 Å². The summed E-state index contributed by atoms with van der Waals surface area (Å²) in [6, 6.07) is 10.4. The second-order valence-electron chi connectivity index (χ2n) is 5.46. The van der Waals surface area contributed by atoms with Crippen LogP contribution in [0.1, 0.15) is 21.5 Å². The molecule has 0 saturated carbocycles. The molecule has 2 aromatic carbocycles. The van der Waals surface area contributed by atoms with Crippen LogP contribution in [0.15, 0.2) is 47.2 Å². The molecule has 0 fully saturated rings. The number of hydrogen-bond acceptors (Lipinski definition) is 5. The Morgan fingerprint density at radius 1 is 1.12 bits per heavy atom. The predicted octanol–water partition coefficient (Wildman–Crippen LogP) is 3.24. The fourth-order valence-electron chi connectivity index (χ4n) is 2.21. The molecule has 0 unspecified atom stereocenters. The number of carbonyl (C=O) groups excluding carboxylic acids is 2. The van der Waals surface area contributed by atoms with E-state index in [1.54, 1.807) is 18.2 Å². The van der Waals surface area contributed by atoms with E-state index in [0.29, 0.717) is 22.4 Å². The minimum absolute atomic E-state index is 0.304. The summed E-state index contributed by atoms with van der Waals surface area (Å²) in [5.41, 5.74) is 4.33. The second-order valence-corrected chi connectivity index (χ2v) is 5.46. The van der Waals surface area contributed by atoms with Crippen LogP contribution in [0.5, 0.6) is 0 Å². The summed E-state index contributed by atoms with van der Waals surface area (Å²) in [4.78, 5) is 27.9. The maximum atomic E-state index is 12.0. The Labute approximate surface area is 138 Å². The summed E-state index contributed by atoms with van der Waals surface area (Å²) in [6.45, 7) is 3.60. The molecule has 0 aliphatic carbocycles. The molecule has 6 heteroatoms. The summed E-state index contributed by atoms with van der Waals surface area (Å²) >= 11 is 0. The lowest BCUT2D eigenvalue weighted by Crippen LogP contribution is -2.21. The van der Waals surface area contributed by atoms with Gasteiger partial charge in [-0.3, -0.25) is 4.79 Å². The Balaban J connectivity index is 1.58. The monoisotopic (exact) mass is 324 g/mol. The van der Waals surface area contributed by atoms with Crippen LogP contribution in [0.2, 0.25) is 0 Å². The van der Waals surface area contributed by atoms with Gasteiger partial charge in [-0.25, -0.2) is 9.78 Å². The lowest BCUT2D eigenvalue weighted by Gasteiger charge is -2.08. The molecule has 24 heavy (non-hydrogen) atoms. The van der Waals surface area contributed by atoms with Crippen LogP contribution < -0.4 is 5.32 Å². The van der Waals surface area contributed by atoms with Gasteiger partial charge in [0, 0.05) is 5.69 Å². The number of amides is 1. The van der Waals surface area contributed by atoms with Crippen LogP contribution in [-0.4, -0.2) is 23.5 Å². The minimum Gasteiger partial charge on any atom is -0.452 e. The Hall–Kier alpha value is -3.15. The number of ether oxygens (including phenoxy) is 1. The maximum absolute atomic E-state index is 12.0. The van der Waals surface area contributed by atoms with Crippen LogP contribution in [0.25, 0.3) is 11.1 Å². The molecule has 0 radical (unpaired) electrons. The van der Waals surface area contributed by atoms with Crippen molar-refractivity contribution in [2.45, 2.75) is 13.8 Å². The van der Waals surface area contributed by atoms with Gasteiger partial charge in [0.1, 0.15) is 5.52 Å². The number of esters is 1. The van der Waals surface area contributed by atoms with E-state index in [-0.39, 0.29) is 6.61 Å². The number of benzene rings is 2. The average Bonchev–Trinajstić information content (AvgIpc) is 3.03. The lowest BCUT2D eigenvalue weighted by atomic mass is 10.1. The van der Waals surface area contributed by atoms with Gasteiger partial charge in [0.05, 0.1) is 5.56 Å². The third-order valence-electron chi connectivity index (χ3n) is 3.69. The molecule has 6 nitrogen and oxygen atoms in total. The summed E-state index contributed by atoms with van der Waals surface area (Å²) < 4.78 is 10.2. The van der Waals surface area contributed by atoms with E-state index in [1.165, 1.54) is 12.5 Å². The number of carbonyl (C=O) groups is 2. The maximum Gasteiger partial charge on any atom is 0.338 e. The first-order valence-corrected chi connectivity index (χ1v) is 7.40. The van der Waals surface area contributed by atoms with Gasteiger partial charge in [-0.05, 0) is 55.3 Å². The first-order chi connectivity index (χ1) is 11.5. The highest BCUT2D eigenvalue weighted by Crippen LogP contribution is 2.16. The highest BCUT2D eigenvalue weighted by molar-refractivity contribution is 5.96. The SMILES string of the molecule is Cc1ccc(NC(=O)COC(=O)c2ccc3ncoc3c2)cc1C. The Kier molecular flexibility index (Phi) is 4.29. The number of aryl methyl sites for hydroxylation is 2. The summed E-state index contributed by atoms with van der Waals surface area (Å²) in [6.07, 6.45) is 1.30. The quantitative estimate of drug-likeness (QED) is 0.745. The zero-order valence-electron chi connectivity index (χ0n) is 13.3. The van der Waals surface area contributed by atoms with E-state index in [4.69, 9.17) is 9.15 Å². The van der Waals surface area contributed by atoms with Gasteiger partial charge in [-0.15, -0.1) is 0 Å². The molecule has 0 bridgehead atoms. The van der Waals surface area contributed by atoms with E-state index >= 15 is 0 Å². The molecule has 3 aromatic rings. The zero-order chi connectivity index (χ0) is 17.1. The number of oxazole rings is 1. The predicted molar refractivity (Wildman–Crippen MR) is 88.8 cm³/mol. The Morgan fingerprint density at radius 3 is 2.75 bits per heavy atom. The van der Waals surface area contributed by atoms with Crippen LogP contribution in [0.3, 0.4) is 0 Å². The number of nitrogens with one attached hydrogen (secondary N) is 1. The highest BCUT2D eigenvalue weighted by atomic mass is 16.5. The van der Waals surface area contributed by atoms with Crippen molar-refractivity contribution in [2.24, 2.45) is 0 Å². The molecular weight excluding hydrogens is 308 g/mol. The third-order valence-corrected chi connectivity index (χ3v) is 3.69. The average molecular weight is 324 g/mol. The van der Waals surface area contributed by atoms with Gasteiger partial charge in [-0.2, -0.15) is 0 Å². The van der Waals surface area contributed by atoms with Crippen molar-refractivity contribution < 1.29 is 18.7 Å². The number of hydrogen-bond donors (Lipinski definition) is 1. The molecule has 0 aliphatic rings. The van der Waals surface area contributed by atoms with E-state index in [0.717, 1.165) is 11.1 Å². The van der Waals surface area contributed by atoms with Crippen molar-refractivity contribution in [2.75, 3.05) is 11.9 Å². The zero-order valence-corrected chi connectivity index (χ0v) is 13.3. The van der Waals surface area contributed by atoms with Crippen molar-refractivity contribution >= 4 is 28.7 Å². The largest absolute Gasteiger partial charge is 0.452 e. The normalized spacial score (nSPS) is 10.6. The number of rotatable bonds is 4. The number of nitrogens with zero attached hydrogens (tertiary/aromatic N) is 1. The van der Waals surface area contributed by atoms with Crippen LogP contribution in [0, 0.1) is 13.8 Å². The fourth-order valence-corrected chi connectivity index (χ4v) is 2.21. The van der Waals surface area contributed by atoms with E-state index in [1.807, 2.05) is 26.0 Å². The van der Waals surface area contributed by atoms with Crippen molar-refractivity contribution in [1.82, 2.24) is 4.98 Å². The molecular formula is C18H16N2O4. The molecule has 122 valence electrons. The van der Waals surface area contributed by atoms with Crippen LogP contribution in [-0.2, 0) is 9.53 Å². The summed E-state index contributed by atoms with van der Waals surface area (Å²) in [5.74, 6) is -0.990. The van der Waals surface area contributed by atoms with Gasteiger partial charge in [0.15, 0.2) is 18.6 Å². The van der Waals surface area contributed by atoms with Gasteiger partial charge in [0.2, 0.25) is 0 Å². The smallest absolute Gasteiger partial charge is 0.338 e. The molecule has 0 spiro atoms. The molecule has 1 amide bonds. The van der Waals surface area contributed by atoms with Gasteiger partial charge in [-0.1, -0.05) is 6.07 Å². The van der Waals surface area contributed by atoms with Crippen LogP contribution >= 0.6 is 0 Å². The molecule has 0 atom stereocenters. The van der Waals surface area contributed by atoms with E-state index in [2.05, 4.69) is 10.3 Å². The molecule has 0 saturated heterocycles. The number of fused-ring (bicyclic) bond motifs is 1. The fraction of sp³-hybridized carbons (Fsp3) is 0.167. The van der Waals surface area contributed by atoms with Gasteiger partial charge in [0.25, 0.3) is 5.91 Å². The van der Waals surface area contributed by atoms with Crippen molar-refractivity contribution in [1.29, 1.82) is 0 Å². The molecule has 1 heterocycles. The molecule has 3 rings (SSSR count). The molecule has 1 N–H and O–H groups in total. The number of anilines is 1. The molecule has 1 aromatic heterocycles. The Morgan fingerprint density at radius 2 is 1.96 bits per heavy atom. The standard InChI is InChI=1S/C18H16N2O4/c1-11-3-5-14(7-12(11)2)20-17(21)9-23-18(22)13-4-6-15-16(8-13)24-10-19-15/h3-8,10H,9H2,1-2H3,(H,20,21). The molecule has 0 aliphatic heterocycles. The second kappa shape index (κ2) is 6.54. The topological polar surface area (TPSA) is 81.4 Å².